The Balaban J connectivity index is 1.83. The lowest BCUT2D eigenvalue weighted by Crippen LogP contribution is -2.26. The van der Waals surface area contributed by atoms with Crippen molar-refractivity contribution in [3.8, 4) is 5.75 Å². The van der Waals surface area contributed by atoms with Crippen molar-refractivity contribution in [3.63, 3.8) is 0 Å². The molecule has 2 N–H and O–H groups in total. The molecule has 0 fully saturated rings. The van der Waals surface area contributed by atoms with E-state index in [-0.39, 0.29) is 12.5 Å². The summed E-state index contributed by atoms with van der Waals surface area (Å²) in [7, 11) is 0. The van der Waals surface area contributed by atoms with E-state index in [4.69, 9.17) is 9.84 Å². The SMILES string of the molecule is O=C(CCCOc1cccc2ccccc12)NCCO. The van der Waals surface area contributed by atoms with Gasteiger partial charge in [0.2, 0.25) is 5.91 Å². The summed E-state index contributed by atoms with van der Waals surface area (Å²) in [6.07, 6.45) is 1.06. The summed E-state index contributed by atoms with van der Waals surface area (Å²) in [5.41, 5.74) is 0. The molecule has 0 aliphatic heterocycles. The van der Waals surface area contributed by atoms with Gasteiger partial charge in [-0.05, 0) is 17.9 Å². The van der Waals surface area contributed by atoms with Crippen LogP contribution in [0.2, 0.25) is 0 Å². The number of aliphatic hydroxyl groups is 1. The second-order valence-corrected chi connectivity index (χ2v) is 4.50. The van der Waals surface area contributed by atoms with E-state index in [0.29, 0.717) is 26.0 Å². The summed E-state index contributed by atoms with van der Waals surface area (Å²) in [6, 6.07) is 14.0. The van der Waals surface area contributed by atoms with Crippen LogP contribution in [0, 0.1) is 0 Å². The first-order valence-corrected chi connectivity index (χ1v) is 6.79. The largest absolute Gasteiger partial charge is 0.493 e. The molecule has 0 heterocycles. The van der Waals surface area contributed by atoms with E-state index >= 15 is 0 Å². The van der Waals surface area contributed by atoms with Crippen LogP contribution in [-0.4, -0.2) is 30.8 Å². The molecule has 4 nitrogen and oxygen atoms in total. The van der Waals surface area contributed by atoms with E-state index in [9.17, 15) is 4.79 Å². The number of benzene rings is 2. The van der Waals surface area contributed by atoms with Crippen LogP contribution in [0.25, 0.3) is 10.8 Å². The second kappa shape index (κ2) is 7.50. The van der Waals surface area contributed by atoms with Crippen molar-refractivity contribution in [2.24, 2.45) is 0 Å². The Bertz CT molecular complexity index is 563. The van der Waals surface area contributed by atoms with Gasteiger partial charge in [0.15, 0.2) is 0 Å². The van der Waals surface area contributed by atoms with Crippen molar-refractivity contribution < 1.29 is 14.6 Å². The van der Waals surface area contributed by atoms with Crippen molar-refractivity contribution in [1.29, 1.82) is 0 Å². The van der Waals surface area contributed by atoms with E-state index in [0.717, 1.165) is 16.5 Å². The van der Waals surface area contributed by atoms with Gasteiger partial charge in [-0.3, -0.25) is 4.79 Å². The maximum Gasteiger partial charge on any atom is 0.220 e. The Morgan fingerprint density at radius 3 is 2.80 bits per heavy atom. The van der Waals surface area contributed by atoms with Crippen LogP contribution in [0.3, 0.4) is 0 Å². The molecule has 0 aromatic heterocycles. The Kier molecular flexibility index (Phi) is 5.38. The number of ether oxygens (including phenoxy) is 1. The summed E-state index contributed by atoms with van der Waals surface area (Å²) in [4.78, 5) is 11.3. The molecule has 106 valence electrons. The van der Waals surface area contributed by atoms with Crippen molar-refractivity contribution in [2.75, 3.05) is 19.8 Å². The number of nitrogens with one attached hydrogen (secondary N) is 1. The van der Waals surface area contributed by atoms with Gasteiger partial charge in [0, 0.05) is 18.4 Å². The van der Waals surface area contributed by atoms with Gasteiger partial charge in [0.1, 0.15) is 5.75 Å². The zero-order chi connectivity index (χ0) is 14.2. The van der Waals surface area contributed by atoms with Crippen LogP contribution in [0.4, 0.5) is 0 Å². The van der Waals surface area contributed by atoms with Crippen LogP contribution >= 0.6 is 0 Å². The van der Waals surface area contributed by atoms with Gasteiger partial charge in [-0.25, -0.2) is 0 Å². The molecule has 20 heavy (non-hydrogen) atoms. The minimum Gasteiger partial charge on any atom is -0.493 e. The highest BCUT2D eigenvalue weighted by Gasteiger charge is 2.03. The van der Waals surface area contributed by atoms with Gasteiger partial charge in [-0.15, -0.1) is 0 Å². The molecule has 2 aromatic rings. The number of fused-ring (bicyclic) bond motifs is 1. The molecule has 1 amide bonds. The zero-order valence-corrected chi connectivity index (χ0v) is 11.3. The number of amides is 1. The van der Waals surface area contributed by atoms with Crippen molar-refractivity contribution in [3.05, 3.63) is 42.5 Å². The quantitative estimate of drug-likeness (QED) is 0.760. The molecule has 2 rings (SSSR count). The summed E-state index contributed by atoms with van der Waals surface area (Å²) >= 11 is 0. The molecule has 0 aliphatic carbocycles. The monoisotopic (exact) mass is 273 g/mol. The Morgan fingerprint density at radius 2 is 1.95 bits per heavy atom. The van der Waals surface area contributed by atoms with E-state index in [1.807, 2.05) is 42.5 Å². The lowest BCUT2D eigenvalue weighted by molar-refractivity contribution is -0.121. The lowest BCUT2D eigenvalue weighted by atomic mass is 10.1. The fourth-order valence-corrected chi connectivity index (χ4v) is 2.02. The molecule has 0 atom stereocenters. The molecule has 0 radical (unpaired) electrons. The topological polar surface area (TPSA) is 58.6 Å². The van der Waals surface area contributed by atoms with Gasteiger partial charge in [0.05, 0.1) is 13.2 Å². The first-order chi connectivity index (χ1) is 9.81. The van der Waals surface area contributed by atoms with Gasteiger partial charge in [-0.2, -0.15) is 0 Å². The highest BCUT2D eigenvalue weighted by molar-refractivity contribution is 5.88. The third kappa shape index (κ3) is 3.96. The average Bonchev–Trinajstić information content (AvgIpc) is 2.49. The number of carbonyl (C=O) groups excluding carboxylic acids is 1. The maximum atomic E-state index is 11.3. The fraction of sp³-hybridized carbons (Fsp3) is 0.312. The zero-order valence-electron chi connectivity index (χ0n) is 11.3. The predicted molar refractivity (Wildman–Crippen MR) is 78.8 cm³/mol. The van der Waals surface area contributed by atoms with Crippen LogP contribution in [0.15, 0.2) is 42.5 Å². The predicted octanol–water partition coefficient (Wildman–Crippen LogP) is 2.11. The number of aliphatic hydroxyl groups excluding tert-OH is 1. The third-order valence-corrected chi connectivity index (χ3v) is 2.99. The van der Waals surface area contributed by atoms with E-state index in [1.165, 1.54) is 0 Å². The maximum absolute atomic E-state index is 11.3. The lowest BCUT2D eigenvalue weighted by Gasteiger charge is -2.09. The molecule has 0 bridgehead atoms. The number of carbonyl (C=O) groups is 1. The minimum absolute atomic E-state index is 0.0295. The highest BCUT2D eigenvalue weighted by atomic mass is 16.5. The smallest absolute Gasteiger partial charge is 0.220 e. The molecule has 0 saturated carbocycles. The first-order valence-electron chi connectivity index (χ1n) is 6.79. The first kappa shape index (κ1) is 14.3. The second-order valence-electron chi connectivity index (χ2n) is 4.50. The standard InChI is InChI=1S/C16H19NO3/c18-11-10-17-16(19)9-4-12-20-15-8-3-6-13-5-1-2-7-14(13)15/h1-3,5-8,18H,4,9-12H2,(H,17,19). The average molecular weight is 273 g/mol. The highest BCUT2D eigenvalue weighted by Crippen LogP contribution is 2.25. The molecule has 0 spiro atoms. The van der Waals surface area contributed by atoms with Crippen LogP contribution in [-0.2, 0) is 4.79 Å². The van der Waals surface area contributed by atoms with E-state index in [1.54, 1.807) is 0 Å². The van der Waals surface area contributed by atoms with Gasteiger partial charge in [-0.1, -0.05) is 36.4 Å². The summed E-state index contributed by atoms with van der Waals surface area (Å²) in [6.45, 7) is 0.780. The summed E-state index contributed by atoms with van der Waals surface area (Å²) < 4.78 is 5.74. The van der Waals surface area contributed by atoms with Gasteiger partial charge in [0.25, 0.3) is 0 Å². The molecule has 0 aliphatic rings. The fourth-order valence-electron chi connectivity index (χ4n) is 2.02. The van der Waals surface area contributed by atoms with Crippen LogP contribution < -0.4 is 10.1 Å². The summed E-state index contributed by atoms with van der Waals surface area (Å²) in [5.74, 6) is 0.791. The summed E-state index contributed by atoms with van der Waals surface area (Å²) in [5, 5.41) is 13.4. The van der Waals surface area contributed by atoms with Crippen molar-refractivity contribution >= 4 is 16.7 Å². The molecular weight excluding hydrogens is 254 g/mol. The minimum atomic E-state index is -0.0550. The molecule has 0 unspecified atom stereocenters. The normalized spacial score (nSPS) is 10.4. The van der Waals surface area contributed by atoms with Crippen LogP contribution in [0.5, 0.6) is 5.75 Å². The molecular formula is C16H19NO3. The molecule has 4 heteroatoms. The molecule has 0 saturated heterocycles. The third-order valence-electron chi connectivity index (χ3n) is 2.99. The van der Waals surface area contributed by atoms with E-state index in [2.05, 4.69) is 5.32 Å². The Hall–Kier alpha value is -2.07. The number of hydrogen-bond donors (Lipinski definition) is 2. The number of rotatable bonds is 7. The van der Waals surface area contributed by atoms with Gasteiger partial charge >= 0.3 is 0 Å². The Labute approximate surface area is 118 Å². The van der Waals surface area contributed by atoms with Crippen molar-refractivity contribution in [1.82, 2.24) is 5.32 Å². The van der Waals surface area contributed by atoms with E-state index < -0.39 is 0 Å². The van der Waals surface area contributed by atoms with Crippen LogP contribution in [0.1, 0.15) is 12.8 Å². The Morgan fingerprint density at radius 1 is 1.15 bits per heavy atom. The van der Waals surface area contributed by atoms with Gasteiger partial charge < -0.3 is 15.2 Å². The molecule has 2 aromatic carbocycles. The number of hydrogen-bond acceptors (Lipinski definition) is 3. The van der Waals surface area contributed by atoms with Crippen molar-refractivity contribution in [2.45, 2.75) is 12.8 Å².